The van der Waals surface area contributed by atoms with Crippen LogP contribution in [0.1, 0.15) is 13.8 Å². The summed E-state index contributed by atoms with van der Waals surface area (Å²) in [6.45, 7) is 4.48. The van der Waals surface area contributed by atoms with E-state index in [0.29, 0.717) is 5.16 Å². The van der Waals surface area contributed by atoms with Crippen LogP contribution in [0.3, 0.4) is 0 Å². The van der Waals surface area contributed by atoms with Gasteiger partial charge in [-0.3, -0.25) is 9.20 Å². The number of hydrogen-bond acceptors (Lipinski definition) is 4. The molecule has 0 saturated carbocycles. The van der Waals surface area contributed by atoms with E-state index in [-0.39, 0.29) is 0 Å². The number of hydrogen-bond donors (Lipinski definition) is 1. The number of imidazole rings is 1. The molecule has 1 aromatic carbocycles. The van der Waals surface area contributed by atoms with Crippen molar-refractivity contribution < 1.29 is 9.90 Å². The van der Waals surface area contributed by atoms with Crippen LogP contribution in [-0.2, 0) is 11.3 Å². The molecular formula is C13H14N4O2S. The molecule has 0 amide bonds. The molecule has 0 aliphatic heterocycles. The normalized spacial score (nSPS) is 13.1. The number of nitrogens with zero attached hydrogens (tertiary/aromatic N) is 4. The summed E-state index contributed by atoms with van der Waals surface area (Å²) in [5.41, 5.74) is 2.07. The van der Waals surface area contributed by atoms with Gasteiger partial charge in [0.25, 0.3) is 0 Å². The lowest BCUT2D eigenvalue weighted by Gasteiger charge is -2.02. The molecular weight excluding hydrogens is 276 g/mol. The van der Waals surface area contributed by atoms with Gasteiger partial charge in [0.2, 0.25) is 5.78 Å². The molecule has 0 spiro atoms. The van der Waals surface area contributed by atoms with Crippen LogP contribution in [-0.4, -0.2) is 35.5 Å². The number of aliphatic carboxylic acids is 1. The van der Waals surface area contributed by atoms with Gasteiger partial charge >= 0.3 is 5.97 Å². The lowest BCUT2D eigenvalue weighted by atomic mass is 10.3. The van der Waals surface area contributed by atoms with Gasteiger partial charge in [-0.25, -0.2) is 0 Å². The van der Waals surface area contributed by atoms with E-state index in [1.807, 2.05) is 35.6 Å². The van der Waals surface area contributed by atoms with Gasteiger partial charge in [-0.1, -0.05) is 23.9 Å². The molecule has 0 aliphatic rings. The van der Waals surface area contributed by atoms with Crippen LogP contribution in [0.25, 0.3) is 16.8 Å². The first-order valence-corrected chi connectivity index (χ1v) is 7.23. The van der Waals surface area contributed by atoms with Gasteiger partial charge in [-0.2, -0.15) is 0 Å². The Labute approximate surface area is 119 Å². The maximum Gasteiger partial charge on any atom is 0.316 e. The molecule has 0 radical (unpaired) electrons. The van der Waals surface area contributed by atoms with Crippen molar-refractivity contribution in [2.45, 2.75) is 30.8 Å². The summed E-state index contributed by atoms with van der Waals surface area (Å²) in [6, 6.07) is 7.96. The zero-order valence-electron chi connectivity index (χ0n) is 11.1. The number of thioether (sulfide) groups is 1. The molecule has 3 aromatic rings. The van der Waals surface area contributed by atoms with E-state index in [9.17, 15) is 4.79 Å². The highest BCUT2D eigenvalue weighted by Crippen LogP contribution is 2.27. The maximum atomic E-state index is 11.0. The molecule has 0 fully saturated rings. The number of aryl methyl sites for hydroxylation is 1. The SMILES string of the molecule is CCn1c2ccccc2n2c(SC(C)C(=O)O)nnc12. The van der Waals surface area contributed by atoms with Crippen molar-refractivity contribution >= 4 is 34.5 Å². The molecule has 20 heavy (non-hydrogen) atoms. The Balaban J connectivity index is 2.23. The van der Waals surface area contributed by atoms with Crippen molar-refractivity contribution in [1.82, 2.24) is 19.2 Å². The van der Waals surface area contributed by atoms with Crippen LogP contribution in [0.4, 0.5) is 0 Å². The van der Waals surface area contributed by atoms with Crippen LogP contribution in [0.2, 0.25) is 0 Å². The van der Waals surface area contributed by atoms with E-state index in [0.717, 1.165) is 23.4 Å². The van der Waals surface area contributed by atoms with Gasteiger partial charge in [0.05, 0.1) is 11.0 Å². The first kappa shape index (κ1) is 13.0. The van der Waals surface area contributed by atoms with E-state index < -0.39 is 11.2 Å². The lowest BCUT2D eigenvalue weighted by Crippen LogP contribution is -2.11. The monoisotopic (exact) mass is 290 g/mol. The third kappa shape index (κ3) is 1.85. The molecule has 1 N–H and O–H groups in total. The second kappa shape index (κ2) is 4.82. The molecule has 2 heterocycles. The predicted molar refractivity (Wildman–Crippen MR) is 77.1 cm³/mol. The molecule has 0 saturated heterocycles. The Morgan fingerprint density at radius 2 is 2.05 bits per heavy atom. The summed E-state index contributed by atoms with van der Waals surface area (Å²) in [5, 5.41) is 17.4. The van der Waals surface area contributed by atoms with Crippen molar-refractivity contribution in [2.24, 2.45) is 0 Å². The number of benzene rings is 1. The van der Waals surface area contributed by atoms with Gasteiger partial charge in [0, 0.05) is 6.54 Å². The van der Waals surface area contributed by atoms with Gasteiger partial charge in [0.15, 0.2) is 5.16 Å². The first-order chi connectivity index (χ1) is 9.63. The first-order valence-electron chi connectivity index (χ1n) is 6.35. The summed E-state index contributed by atoms with van der Waals surface area (Å²) in [6.07, 6.45) is 0. The van der Waals surface area contributed by atoms with E-state index in [1.54, 1.807) is 6.92 Å². The molecule has 2 aromatic heterocycles. The molecule has 1 unspecified atom stereocenters. The van der Waals surface area contributed by atoms with Gasteiger partial charge in [-0.15, -0.1) is 10.2 Å². The topological polar surface area (TPSA) is 72.4 Å². The smallest absolute Gasteiger partial charge is 0.316 e. The fraction of sp³-hybridized carbons (Fsp3) is 0.308. The van der Waals surface area contributed by atoms with Gasteiger partial charge < -0.3 is 9.67 Å². The molecule has 3 rings (SSSR count). The number of carboxylic acid groups (broad SMARTS) is 1. The zero-order chi connectivity index (χ0) is 14.3. The van der Waals surface area contributed by atoms with E-state index >= 15 is 0 Å². The third-order valence-electron chi connectivity index (χ3n) is 3.22. The Bertz CT molecular complexity index is 792. The molecule has 1 atom stereocenters. The number of aromatic nitrogens is 4. The summed E-state index contributed by atoms with van der Waals surface area (Å²) in [7, 11) is 0. The van der Waals surface area contributed by atoms with E-state index in [4.69, 9.17) is 5.11 Å². The molecule has 6 nitrogen and oxygen atoms in total. The summed E-state index contributed by atoms with van der Waals surface area (Å²) in [4.78, 5) is 11.0. The molecule has 104 valence electrons. The Morgan fingerprint density at radius 1 is 1.35 bits per heavy atom. The minimum absolute atomic E-state index is 0.564. The molecule has 0 bridgehead atoms. The van der Waals surface area contributed by atoms with Crippen molar-refractivity contribution in [3.05, 3.63) is 24.3 Å². The average molecular weight is 290 g/mol. The van der Waals surface area contributed by atoms with Crippen LogP contribution in [0.5, 0.6) is 0 Å². The highest BCUT2D eigenvalue weighted by Gasteiger charge is 2.20. The van der Waals surface area contributed by atoms with Crippen LogP contribution < -0.4 is 0 Å². The fourth-order valence-corrected chi connectivity index (χ4v) is 3.02. The van der Waals surface area contributed by atoms with Crippen molar-refractivity contribution in [3.8, 4) is 0 Å². The molecule has 7 heteroatoms. The average Bonchev–Trinajstić information content (AvgIpc) is 2.97. The number of carbonyl (C=O) groups is 1. The zero-order valence-corrected chi connectivity index (χ0v) is 12.0. The maximum absolute atomic E-state index is 11.0. The fourth-order valence-electron chi connectivity index (χ4n) is 2.23. The second-order valence-electron chi connectivity index (χ2n) is 4.45. The summed E-state index contributed by atoms with van der Waals surface area (Å²) >= 11 is 1.20. The predicted octanol–water partition coefficient (Wildman–Crippen LogP) is 2.27. The summed E-state index contributed by atoms with van der Waals surface area (Å²) in [5.74, 6) is -0.111. The number of para-hydroxylation sites is 2. The van der Waals surface area contributed by atoms with Gasteiger partial charge in [-0.05, 0) is 26.0 Å². The third-order valence-corrected chi connectivity index (χ3v) is 4.25. The quantitative estimate of drug-likeness (QED) is 0.746. The van der Waals surface area contributed by atoms with E-state index in [1.165, 1.54) is 11.8 Å². The Hall–Kier alpha value is -2.02. The standard InChI is InChI=1S/C13H14N4O2S/c1-3-16-9-6-4-5-7-10(9)17-12(16)14-15-13(17)20-8(2)11(18)19/h4-8H,3H2,1-2H3,(H,18,19). The van der Waals surface area contributed by atoms with Crippen LogP contribution in [0.15, 0.2) is 29.4 Å². The largest absolute Gasteiger partial charge is 0.480 e. The molecule has 0 aliphatic carbocycles. The van der Waals surface area contributed by atoms with Gasteiger partial charge in [0.1, 0.15) is 5.25 Å². The van der Waals surface area contributed by atoms with Crippen molar-refractivity contribution in [3.63, 3.8) is 0 Å². The van der Waals surface area contributed by atoms with Crippen molar-refractivity contribution in [2.75, 3.05) is 0 Å². The number of carboxylic acids is 1. The number of rotatable bonds is 4. The highest BCUT2D eigenvalue weighted by molar-refractivity contribution is 8.00. The Kier molecular flexibility index (Phi) is 3.13. The lowest BCUT2D eigenvalue weighted by molar-refractivity contribution is -0.136. The summed E-state index contributed by atoms with van der Waals surface area (Å²) < 4.78 is 3.99. The minimum Gasteiger partial charge on any atom is -0.480 e. The number of fused-ring (bicyclic) bond motifs is 3. The highest BCUT2D eigenvalue weighted by atomic mass is 32.2. The second-order valence-corrected chi connectivity index (χ2v) is 5.76. The van der Waals surface area contributed by atoms with Crippen molar-refractivity contribution in [1.29, 1.82) is 0 Å². The van der Waals surface area contributed by atoms with Crippen LogP contribution in [0, 0.1) is 0 Å². The minimum atomic E-state index is -0.856. The van der Waals surface area contributed by atoms with E-state index in [2.05, 4.69) is 14.8 Å². The van der Waals surface area contributed by atoms with Crippen LogP contribution >= 0.6 is 11.8 Å². The Morgan fingerprint density at radius 3 is 2.70 bits per heavy atom.